The molecule has 3 aromatic carbocycles. The van der Waals surface area contributed by atoms with Gasteiger partial charge in [0.1, 0.15) is 23.1 Å². The van der Waals surface area contributed by atoms with Crippen LogP contribution in [0.4, 0.5) is 0 Å². The van der Waals surface area contributed by atoms with Crippen LogP contribution in [0, 0.1) is 11.3 Å². The van der Waals surface area contributed by atoms with E-state index in [0.717, 1.165) is 18.4 Å². The summed E-state index contributed by atoms with van der Waals surface area (Å²) >= 11 is 12.5. The zero-order chi connectivity index (χ0) is 28.8. The molecule has 3 aromatic rings. The van der Waals surface area contributed by atoms with Crippen molar-refractivity contribution in [1.82, 2.24) is 0 Å². The Morgan fingerprint density at radius 3 is 2.45 bits per heavy atom. The van der Waals surface area contributed by atoms with Crippen LogP contribution in [0.25, 0.3) is 0 Å². The Morgan fingerprint density at radius 1 is 1.05 bits per heavy atom. The van der Waals surface area contributed by atoms with Gasteiger partial charge in [0.2, 0.25) is 5.88 Å². The molecule has 0 aliphatic carbocycles. The van der Waals surface area contributed by atoms with Crippen LogP contribution < -0.4 is 29.4 Å². The first kappa shape index (κ1) is 28.9. The van der Waals surface area contributed by atoms with Gasteiger partial charge in [0, 0.05) is 11.6 Å². The Balaban J connectivity index is 1.64. The summed E-state index contributed by atoms with van der Waals surface area (Å²) in [6, 6.07) is 15.4. The fraction of sp³-hybridized carbons (Fsp3) is 0.267. The van der Waals surface area contributed by atoms with Crippen molar-refractivity contribution in [2.75, 3.05) is 20.3 Å². The average Bonchev–Trinajstić information content (AvgIpc) is 2.94. The normalized spacial score (nSPS) is 14.1. The number of esters is 1. The maximum absolute atomic E-state index is 12.9. The number of nitrogens with two attached hydrogens (primary N) is 1. The SMILES string of the molecule is CCCCOc1ccc(C2C(C#N)=C(N)Oc3cc(OC(=O)c4cc(Cl)c(OCC)c(Cl)c4)ccc32)cc1OC. The lowest BCUT2D eigenvalue weighted by molar-refractivity contribution is 0.0734. The second kappa shape index (κ2) is 12.9. The van der Waals surface area contributed by atoms with E-state index in [0.29, 0.717) is 41.8 Å². The van der Waals surface area contributed by atoms with Gasteiger partial charge in [-0.3, -0.25) is 0 Å². The van der Waals surface area contributed by atoms with Crippen LogP contribution in [0.5, 0.6) is 28.7 Å². The van der Waals surface area contributed by atoms with Crippen molar-refractivity contribution in [3.8, 4) is 34.8 Å². The summed E-state index contributed by atoms with van der Waals surface area (Å²) in [5, 5.41) is 10.3. The Bertz CT molecular complexity index is 1470. The summed E-state index contributed by atoms with van der Waals surface area (Å²) in [5.74, 6) is 0.726. The molecule has 208 valence electrons. The summed E-state index contributed by atoms with van der Waals surface area (Å²) in [7, 11) is 1.56. The van der Waals surface area contributed by atoms with Crippen molar-refractivity contribution in [3.63, 3.8) is 0 Å². The van der Waals surface area contributed by atoms with Crippen molar-refractivity contribution < 1.29 is 28.5 Å². The van der Waals surface area contributed by atoms with Crippen LogP contribution in [0.1, 0.15) is 54.1 Å². The molecule has 1 atom stereocenters. The highest BCUT2D eigenvalue weighted by molar-refractivity contribution is 6.37. The van der Waals surface area contributed by atoms with Gasteiger partial charge >= 0.3 is 5.97 Å². The molecule has 1 aliphatic heterocycles. The summed E-state index contributed by atoms with van der Waals surface area (Å²) in [5.41, 5.74) is 7.98. The third kappa shape index (κ3) is 6.06. The first-order valence-corrected chi connectivity index (χ1v) is 13.4. The molecule has 1 aliphatic rings. The number of nitriles is 1. The monoisotopic (exact) mass is 582 g/mol. The van der Waals surface area contributed by atoms with Gasteiger partial charge in [0.15, 0.2) is 17.2 Å². The van der Waals surface area contributed by atoms with Crippen molar-refractivity contribution >= 4 is 29.2 Å². The Hall–Kier alpha value is -4.06. The zero-order valence-corrected chi connectivity index (χ0v) is 23.8. The number of nitrogens with zero attached hydrogens (tertiary/aromatic N) is 1. The molecule has 0 fully saturated rings. The lowest BCUT2D eigenvalue weighted by atomic mass is 9.83. The van der Waals surface area contributed by atoms with Crippen LogP contribution in [0.2, 0.25) is 10.0 Å². The van der Waals surface area contributed by atoms with E-state index in [2.05, 4.69) is 13.0 Å². The van der Waals surface area contributed by atoms with Crippen LogP contribution in [0.15, 0.2) is 60.0 Å². The minimum absolute atomic E-state index is 0.0456. The van der Waals surface area contributed by atoms with Gasteiger partial charge in [-0.05, 0) is 49.2 Å². The number of carbonyl (C=O) groups is 1. The van der Waals surface area contributed by atoms with Crippen molar-refractivity contribution in [2.45, 2.75) is 32.6 Å². The molecule has 0 radical (unpaired) electrons. The second-order valence-electron chi connectivity index (χ2n) is 8.83. The minimum atomic E-state index is -0.677. The molecule has 8 nitrogen and oxygen atoms in total. The van der Waals surface area contributed by atoms with Gasteiger partial charge in [-0.2, -0.15) is 5.26 Å². The number of unbranched alkanes of at least 4 members (excludes halogenated alkanes) is 1. The molecular formula is C30H28Cl2N2O6. The number of rotatable bonds is 10. The van der Waals surface area contributed by atoms with Gasteiger partial charge in [-0.15, -0.1) is 0 Å². The quantitative estimate of drug-likeness (QED) is 0.154. The number of methoxy groups -OCH3 is 1. The number of benzene rings is 3. The van der Waals surface area contributed by atoms with Crippen LogP contribution in [0.3, 0.4) is 0 Å². The van der Waals surface area contributed by atoms with E-state index in [-0.39, 0.29) is 32.8 Å². The summed E-state index contributed by atoms with van der Waals surface area (Å²) in [6.07, 6.45) is 1.93. The number of carbonyl (C=O) groups excluding carboxylic acids is 1. The zero-order valence-electron chi connectivity index (χ0n) is 22.3. The number of halogens is 2. The third-order valence-electron chi connectivity index (χ3n) is 6.20. The molecule has 10 heteroatoms. The van der Waals surface area contributed by atoms with Crippen LogP contribution >= 0.6 is 23.2 Å². The first-order chi connectivity index (χ1) is 19.3. The molecular weight excluding hydrogens is 555 g/mol. The molecule has 4 rings (SSSR count). The molecule has 0 spiro atoms. The number of allylic oxidation sites excluding steroid dienone is 1. The molecule has 2 N–H and O–H groups in total. The number of hydrogen-bond acceptors (Lipinski definition) is 8. The summed E-state index contributed by atoms with van der Waals surface area (Å²) in [4.78, 5) is 12.9. The van der Waals surface area contributed by atoms with Gasteiger partial charge < -0.3 is 29.4 Å². The minimum Gasteiger partial charge on any atom is -0.493 e. The fourth-order valence-electron chi connectivity index (χ4n) is 4.28. The first-order valence-electron chi connectivity index (χ1n) is 12.7. The van der Waals surface area contributed by atoms with Gasteiger partial charge in [0.05, 0.1) is 41.9 Å². The van der Waals surface area contributed by atoms with E-state index in [1.807, 2.05) is 18.2 Å². The highest BCUT2D eigenvalue weighted by Crippen LogP contribution is 2.45. The van der Waals surface area contributed by atoms with E-state index in [1.54, 1.807) is 32.2 Å². The number of hydrogen-bond donors (Lipinski definition) is 1. The highest BCUT2D eigenvalue weighted by Gasteiger charge is 2.32. The number of fused-ring (bicyclic) bond motifs is 1. The average molecular weight is 583 g/mol. The predicted molar refractivity (Wildman–Crippen MR) is 152 cm³/mol. The topological polar surface area (TPSA) is 113 Å². The van der Waals surface area contributed by atoms with Crippen molar-refractivity contribution in [2.24, 2.45) is 5.73 Å². The molecule has 0 aromatic heterocycles. The van der Waals surface area contributed by atoms with Gasteiger partial charge in [-0.25, -0.2) is 4.79 Å². The third-order valence-corrected chi connectivity index (χ3v) is 6.76. The maximum atomic E-state index is 12.9. The van der Waals surface area contributed by atoms with E-state index >= 15 is 0 Å². The lowest BCUT2D eigenvalue weighted by Crippen LogP contribution is -2.21. The molecule has 0 saturated heterocycles. The predicted octanol–water partition coefficient (Wildman–Crippen LogP) is 7.02. The molecule has 0 amide bonds. The maximum Gasteiger partial charge on any atom is 0.343 e. The Labute approximate surface area is 242 Å². The second-order valence-corrected chi connectivity index (χ2v) is 9.64. The highest BCUT2D eigenvalue weighted by atomic mass is 35.5. The number of ether oxygens (including phenoxy) is 5. The van der Waals surface area contributed by atoms with Gasteiger partial charge in [-0.1, -0.05) is 48.7 Å². The molecule has 0 saturated carbocycles. The van der Waals surface area contributed by atoms with Crippen LogP contribution in [-0.2, 0) is 0 Å². The Kier molecular flexibility index (Phi) is 9.30. The van der Waals surface area contributed by atoms with E-state index in [1.165, 1.54) is 12.1 Å². The van der Waals surface area contributed by atoms with Crippen molar-refractivity contribution in [1.29, 1.82) is 5.26 Å². The molecule has 0 bridgehead atoms. The largest absolute Gasteiger partial charge is 0.493 e. The fourth-order valence-corrected chi connectivity index (χ4v) is 4.87. The van der Waals surface area contributed by atoms with Crippen molar-refractivity contribution in [3.05, 3.63) is 86.7 Å². The summed E-state index contributed by atoms with van der Waals surface area (Å²) in [6.45, 7) is 4.82. The van der Waals surface area contributed by atoms with E-state index in [4.69, 9.17) is 52.6 Å². The molecule has 1 heterocycles. The van der Waals surface area contributed by atoms with E-state index in [9.17, 15) is 10.1 Å². The lowest BCUT2D eigenvalue weighted by Gasteiger charge is -2.27. The Morgan fingerprint density at radius 2 is 1.80 bits per heavy atom. The molecule has 1 unspecified atom stereocenters. The van der Waals surface area contributed by atoms with E-state index < -0.39 is 11.9 Å². The van der Waals surface area contributed by atoms with Crippen LogP contribution in [-0.4, -0.2) is 26.3 Å². The smallest absolute Gasteiger partial charge is 0.343 e. The van der Waals surface area contributed by atoms with Gasteiger partial charge in [0.25, 0.3) is 0 Å². The standard InChI is InChI=1S/C30H28Cl2N2O6/c1-4-6-11-38-24-10-7-17(14-26(24)36-3)27-20-9-8-19(15-25(20)40-29(34)21(27)16-33)39-30(35)18-12-22(31)28(37-5-2)23(32)13-18/h7-10,12-15,27H,4-6,11,34H2,1-3H3. The molecule has 40 heavy (non-hydrogen) atoms. The summed E-state index contributed by atoms with van der Waals surface area (Å²) < 4.78 is 28.2.